The summed E-state index contributed by atoms with van der Waals surface area (Å²) < 4.78 is 0. The molecular weight excluding hydrogens is 232 g/mol. The SMILES string of the molecule is CC(N)(C(=O)N(CC(=O)O)C1CCCC1)C1CC1. The Morgan fingerprint density at radius 3 is 2.28 bits per heavy atom. The van der Waals surface area contributed by atoms with Gasteiger partial charge in [-0.1, -0.05) is 12.8 Å². The minimum atomic E-state index is -0.957. The minimum Gasteiger partial charge on any atom is -0.480 e. The third-order valence-corrected chi connectivity index (χ3v) is 4.22. The zero-order chi connectivity index (χ0) is 13.3. The van der Waals surface area contributed by atoms with Crippen LogP contribution in [0.5, 0.6) is 0 Å². The standard InChI is InChI=1S/C13H22N2O3/c1-13(14,9-6-7-9)12(18)15(8-11(16)17)10-4-2-3-5-10/h9-10H,2-8,14H2,1H3,(H,16,17). The molecule has 18 heavy (non-hydrogen) atoms. The fourth-order valence-corrected chi connectivity index (χ4v) is 2.90. The Labute approximate surface area is 107 Å². The van der Waals surface area contributed by atoms with E-state index in [9.17, 15) is 9.59 Å². The maximum Gasteiger partial charge on any atom is 0.323 e. The Kier molecular flexibility index (Phi) is 3.61. The van der Waals surface area contributed by atoms with Gasteiger partial charge >= 0.3 is 5.97 Å². The van der Waals surface area contributed by atoms with Crippen LogP contribution in [0.15, 0.2) is 0 Å². The van der Waals surface area contributed by atoms with Crippen LogP contribution in [0.2, 0.25) is 0 Å². The highest BCUT2D eigenvalue weighted by Crippen LogP contribution is 2.39. The van der Waals surface area contributed by atoms with Crippen molar-refractivity contribution in [3.8, 4) is 0 Å². The number of nitrogens with two attached hydrogens (primary N) is 1. The maximum absolute atomic E-state index is 12.5. The fourth-order valence-electron chi connectivity index (χ4n) is 2.90. The van der Waals surface area contributed by atoms with E-state index in [0.717, 1.165) is 38.5 Å². The zero-order valence-electron chi connectivity index (χ0n) is 10.9. The molecule has 0 bridgehead atoms. The van der Waals surface area contributed by atoms with E-state index in [1.807, 2.05) is 0 Å². The van der Waals surface area contributed by atoms with E-state index in [1.54, 1.807) is 6.92 Å². The van der Waals surface area contributed by atoms with E-state index in [-0.39, 0.29) is 24.4 Å². The molecule has 0 saturated heterocycles. The summed E-state index contributed by atoms with van der Waals surface area (Å²) in [7, 11) is 0. The molecule has 0 radical (unpaired) electrons. The number of nitrogens with zero attached hydrogens (tertiary/aromatic N) is 1. The second-order valence-electron chi connectivity index (χ2n) is 5.82. The van der Waals surface area contributed by atoms with Crippen molar-refractivity contribution in [2.24, 2.45) is 11.7 Å². The van der Waals surface area contributed by atoms with Crippen LogP contribution in [-0.4, -0.2) is 40.0 Å². The summed E-state index contributed by atoms with van der Waals surface area (Å²) in [5, 5.41) is 8.98. The molecule has 0 aromatic carbocycles. The number of aliphatic carboxylic acids is 1. The van der Waals surface area contributed by atoms with Gasteiger partial charge in [-0.3, -0.25) is 9.59 Å². The van der Waals surface area contributed by atoms with Gasteiger partial charge in [-0.15, -0.1) is 0 Å². The van der Waals surface area contributed by atoms with Gasteiger partial charge in [0.15, 0.2) is 0 Å². The third-order valence-electron chi connectivity index (χ3n) is 4.22. The molecule has 1 amide bonds. The number of amides is 1. The molecule has 5 heteroatoms. The molecule has 2 aliphatic carbocycles. The van der Waals surface area contributed by atoms with Crippen LogP contribution < -0.4 is 5.73 Å². The van der Waals surface area contributed by atoms with Crippen LogP contribution in [0.3, 0.4) is 0 Å². The summed E-state index contributed by atoms with van der Waals surface area (Å²) in [4.78, 5) is 25.0. The second kappa shape index (κ2) is 4.88. The van der Waals surface area contributed by atoms with Gasteiger partial charge in [-0.2, -0.15) is 0 Å². The first-order valence-electron chi connectivity index (χ1n) is 6.74. The summed E-state index contributed by atoms with van der Waals surface area (Å²) in [5.74, 6) is -0.913. The molecule has 5 nitrogen and oxygen atoms in total. The average Bonchev–Trinajstić information content (AvgIpc) is 3.03. The first-order chi connectivity index (χ1) is 8.43. The minimum absolute atomic E-state index is 0.0650. The van der Waals surface area contributed by atoms with Gasteiger partial charge in [0.1, 0.15) is 6.54 Å². The lowest BCUT2D eigenvalue weighted by molar-refractivity contribution is -0.149. The fraction of sp³-hybridized carbons (Fsp3) is 0.846. The molecule has 2 saturated carbocycles. The Morgan fingerprint density at radius 1 is 1.28 bits per heavy atom. The molecule has 2 aliphatic rings. The highest BCUT2D eigenvalue weighted by molar-refractivity contribution is 5.89. The third kappa shape index (κ3) is 2.66. The van der Waals surface area contributed by atoms with E-state index >= 15 is 0 Å². The first kappa shape index (κ1) is 13.3. The Morgan fingerprint density at radius 2 is 1.83 bits per heavy atom. The van der Waals surface area contributed by atoms with Crippen molar-refractivity contribution in [3.63, 3.8) is 0 Å². The highest BCUT2D eigenvalue weighted by atomic mass is 16.4. The second-order valence-corrected chi connectivity index (χ2v) is 5.82. The number of carbonyl (C=O) groups excluding carboxylic acids is 1. The quantitative estimate of drug-likeness (QED) is 0.765. The van der Waals surface area contributed by atoms with Crippen molar-refractivity contribution < 1.29 is 14.7 Å². The molecule has 0 aromatic rings. The predicted molar refractivity (Wildman–Crippen MR) is 66.9 cm³/mol. The van der Waals surface area contributed by atoms with E-state index in [2.05, 4.69) is 0 Å². The van der Waals surface area contributed by atoms with Crippen LogP contribution in [0.25, 0.3) is 0 Å². The monoisotopic (exact) mass is 254 g/mol. The molecule has 1 atom stereocenters. The normalized spacial score (nSPS) is 23.7. The number of rotatable bonds is 5. The van der Waals surface area contributed by atoms with Gasteiger partial charge in [0.2, 0.25) is 5.91 Å². The van der Waals surface area contributed by atoms with Crippen molar-refractivity contribution in [3.05, 3.63) is 0 Å². The van der Waals surface area contributed by atoms with Gasteiger partial charge < -0.3 is 15.7 Å². The number of carboxylic acids is 1. The molecule has 0 spiro atoms. The van der Waals surface area contributed by atoms with E-state index < -0.39 is 11.5 Å². The molecule has 3 N–H and O–H groups in total. The van der Waals surface area contributed by atoms with E-state index in [4.69, 9.17) is 10.8 Å². The predicted octanol–water partition coefficient (Wildman–Crippen LogP) is 0.970. The number of carboxylic acid groups (broad SMARTS) is 1. The number of hydrogen-bond donors (Lipinski definition) is 2. The Bertz CT molecular complexity index is 344. The summed E-state index contributed by atoms with van der Waals surface area (Å²) >= 11 is 0. The molecule has 102 valence electrons. The van der Waals surface area contributed by atoms with Gasteiger partial charge in [0, 0.05) is 6.04 Å². The van der Waals surface area contributed by atoms with Crippen LogP contribution in [0, 0.1) is 5.92 Å². The van der Waals surface area contributed by atoms with Crippen LogP contribution in [-0.2, 0) is 9.59 Å². The summed E-state index contributed by atoms with van der Waals surface area (Å²) in [5.41, 5.74) is 5.23. The lowest BCUT2D eigenvalue weighted by Crippen LogP contribution is -2.58. The lowest BCUT2D eigenvalue weighted by Gasteiger charge is -2.35. The summed E-state index contributed by atoms with van der Waals surface area (Å²) in [6.45, 7) is 1.53. The molecule has 0 heterocycles. The maximum atomic E-state index is 12.5. The van der Waals surface area contributed by atoms with Crippen molar-refractivity contribution in [2.75, 3.05) is 6.54 Å². The van der Waals surface area contributed by atoms with Crippen molar-refractivity contribution in [2.45, 2.75) is 57.0 Å². The van der Waals surface area contributed by atoms with Crippen molar-refractivity contribution >= 4 is 11.9 Å². The Balaban J connectivity index is 2.11. The number of carbonyl (C=O) groups is 2. The van der Waals surface area contributed by atoms with Crippen LogP contribution in [0.1, 0.15) is 45.4 Å². The lowest BCUT2D eigenvalue weighted by atomic mass is 9.94. The molecule has 1 unspecified atom stereocenters. The highest BCUT2D eigenvalue weighted by Gasteiger charge is 2.47. The molecule has 0 aliphatic heterocycles. The zero-order valence-corrected chi connectivity index (χ0v) is 10.9. The molecular formula is C13H22N2O3. The number of hydrogen-bond acceptors (Lipinski definition) is 3. The topological polar surface area (TPSA) is 83.6 Å². The van der Waals surface area contributed by atoms with Crippen LogP contribution in [0.4, 0.5) is 0 Å². The Hall–Kier alpha value is -1.10. The smallest absolute Gasteiger partial charge is 0.323 e. The summed E-state index contributed by atoms with van der Waals surface area (Å²) in [6, 6.07) is 0.0650. The van der Waals surface area contributed by atoms with Gasteiger partial charge in [-0.05, 0) is 38.5 Å². The van der Waals surface area contributed by atoms with Crippen molar-refractivity contribution in [1.82, 2.24) is 4.90 Å². The van der Waals surface area contributed by atoms with Gasteiger partial charge in [0.05, 0.1) is 5.54 Å². The van der Waals surface area contributed by atoms with Gasteiger partial charge in [-0.25, -0.2) is 0 Å². The van der Waals surface area contributed by atoms with Gasteiger partial charge in [0.25, 0.3) is 0 Å². The van der Waals surface area contributed by atoms with E-state index in [0.29, 0.717) is 0 Å². The van der Waals surface area contributed by atoms with Crippen molar-refractivity contribution in [1.29, 1.82) is 0 Å². The van der Waals surface area contributed by atoms with E-state index in [1.165, 1.54) is 4.90 Å². The first-order valence-corrected chi connectivity index (χ1v) is 6.74. The molecule has 0 aromatic heterocycles. The largest absolute Gasteiger partial charge is 0.480 e. The molecule has 2 rings (SSSR count). The molecule has 2 fully saturated rings. The van der Waals surface area contributed by atoms with Crippen LogP contribution >= 0.6 is 0 Å². The average molecular weight is 254 g/mol. The summed E-state index contributed by atoms with van der Waals surface area (Å²) in [6.07, 6.45) is 5.89.